The van der Waals surface area contributed by atoms with E-state index in [-0.39, 0.29) is 18.2 Å². The Morgan fingerprint density at radius 2 is 0.784 bits per heavy atom. The number of aliphatic hydroxyl groups excluding tert-OH is 1. The molecular weight excluding hydrogens is 663 g/mol. The second kappa shape index (κ2) is 40.3. The number of hydrogen-bond donors (Lipinski definition) is 2. The summed E-state index contributed by atoms with van der Waals surface area (Å²) >= 11 is 0. The summed E-state index contributed by atoms with van der Waals surface area (Å²) in [6, 6.07) is 0. The molecule has 0 heterocycles. The number of ketones is 2. The van der Waals surface area contributed by atoms with E-state index in [1.54, 1.807) is 0 Å². The van der Waals surface area contributed by atoms with Crippen LogP contribution in [0.1, 0.15) is 219 Å². The zero-order chi connectivity index (χ0) is 38.3. The van der Waals surface area contributed by atoms with Gasteiger partial charge in [-0.15, -0.1) is 0 Å². The van der Waals surface area contributed by atoms with Crippen LogP contribution in [-0.4, -0.2) is 63.5 Å². The Morgan fingerprint density at radius 3 is 1.00 bits per heavy atom. The van der Waals surface area contributed by atoms with Crippen molar-refractivity contribution in [1.29, 1.82) is 0 Å². The summed E-state index contributed by atoms with van der Waals surface area (Å²) in [6.07, 6.45) is 40.6. The normalized spacial score (nSPS) is 12.2. The van der Waals surface area contributed by atoms with E-state index in [0.29, 0.717) is 25.9 Å². The number of carbonyl (C=O) groups is 2. The van der Waals surface area contributed by atoms with E-state index in [9.17, 15) is 27.7 Å². The van der Waals surface area contributed by atoms with Crippen LogP contribution >= 0.6 is 0 Å². The average Bonchev–Trinajstić information content (AvgIpc) is 3.10. The van der Waals surface area contributed by atoms with Gasteiger partial charge < -0.3 is 14.6 Å². The average molecular weight is 748 g/mol. The Kier molecular flexibility index (Phi) is 41.3. The summed E-state index contributed by atoms with van der Waals surface area (Å²) in [6.45, 7) is 5.79. The third-order valence-corrected chi connectivity index (χ3v) is 10.5. The highest BCUT2D eigenvalue weighted by atomic mass is 32.3. The van der Waals surface area contributed by atoms with Crippen molar-refractivity contribution in [1.82, 2.24) is 0 Å². The molecule has 8 nitrogen and oxygen atoms in total. The van der Waals surface area contributed by atoms with Crippen LogP contribution in [0.2, 0.25) is 0 Å². The van der Waals surface area contributed by atoms with E-state index >= 15 is 0 Å². The molecule has 0 amide bonds. The zero-order valence-corrected chi connectivity index (χ0v) is 34.9. The minimum Gasteiger partial charge on any atom is -0.726 e. The molecule has 0 aliphatic heterocycles. The number of unbranched alkanes of at least 4 members (excludes halogenated alkanes) is 28. The van der Waals surface area contributed by atoms with Gasteiger partial charge in [-0.05, 0) is 12.8 Å². The van der Waals surface area contributed by atoms with Gasteiger partial charge in [0.1, 0.15) is 24.0 Å². The van der Waals surface area contributed by atoms with E-state index in [1.165, 1.54) is 167 Å². The lowest BCUT2D eigenvalue weighted by Crippen LogP contribution is -3.10. The van der Waals surface area contributed by atoms with E-state index in [1.807, 2.05) is 7.05 Å². The second-order valence-electron chi connectivity index (χ2n) is 15.1. The number of carbonyl (C=O) groups excluding carboxylic acids is 2. The van der Waals surface area contributed by atoms with E-state index < -0.39 is 16.3 Å². The highest BCUT2D eigenvalue weighted by Gasteiger charge is 2.28. The lowest BCUT2D eigenvalue weighted by atomic mass is 9.91. The number of quaternary nitrogens is 1. The Balaban J connectivity index is 0. The van der Waals surface area contributed by atoms with Gasteiger partial charge in [-0.2, -0.15) is 0 Å². The highest BCUT2D eigenvalue weighted by molar-refractivity contribution is 7.80. The van der Waals surface area contributed by atoms with E-state index in [2.05, 4.69) is 18.0 Å². The van der Waals surface area contributed by atoms with Gasteiger partial charge in [0.25, 0.3) is 0 Å². The first kappa shape index (κ1) is 52.2. The molecule has 0 rings (SSSR count). The summed E-state index contributed by atoms with van der Waals surface area (Å²) < 4.78 is 31.0. The van der Waals surface area contributed by atoms with Crippen molar-refractivity contribution < 1.29 is 36.7 Å². The second-order valence-corrected chi connectivity index (χ2v) is 16.2. The van der Waals surface area contributed by atoms with Gasteiger partial charge in [0.15, 0.2) is 0 Å². The Bertz CT molecular complexity index is 806. The molecule has 0 radical (unpaired) electrons. The number of hydrogen-bond acceptors (Lipinski definition) is 7. The minimum atomic E-state index is -4.41. The van der Waals surface area contributed by atoms with Crippen molar-refractivity contribution in [2.75, 3.05) is 33.9 Å². The van der Waals surface area contributed by atoms with Gasteiger partial charge in [-0.3, -0.25) is 13.8 Å². The fourth-order valence-corrected chi connectivity index (χ4v) is 6.74. The predicted octanol–water partition coefficient (Wildman–Crippen LogP) is 9.86. The van der Waals surface area contributed by atoms with Crippen molar-refractivity contribution in [2.24, 2.45) is 5.92 Å². The van der Waals surface area contributed by atoms with Crippen LogP contribution in [0.4, 0.5) is 0 Å². The Morgan fingerprint density at radius 1 is 0.549 bits per heavy atom. The van der Waals surface area contributed by atoms with Crippen molar-refractivity contribution in [3.05, 3.63) is 0 Å². The molecule has 306 valence electrons. The number of rotatable bonds is 39. The molecule has 0 aromatic heterocycles. The smallest absolute Gasteiger partial charge is 0.217 e. The van der Waals surface area contributed by atoms with Crippen molar-refractivity contribution >= 4 is 22.0 Å². The first-order chi connectivity index (χ1) is 24.6. The molecule has 0 aromatic carbocycles. The van der Waals surface area contributed by atoms with Gasteiger partial charge in [0.2, 0.25) is 10.4 Å². The van der Waals surface area contributed by atoms with Crippen LogP contribution in [0.25, 0.3) is 0 Å². The molecule has 0 spiro atoms. The largest absolute Gasteiger partial charge is 0.726 e. The van der Waals surface area contributed by atoms with Crippen LogP contribution in [0.3, 0.4) is 0 Å². The van der Waals surface area contributed by atoms with E-state index in [4.69, 9.17) is 0 Å². The maximum atomic E-state index is 13.1. The predicted molar refractivity (Wildman–Crippen MR) is 213 cm³/mol. The Labute approximate surface area is 317 Å². The SMILES string of the molecule is CCCCCCCCCCCCCCCCCC(=O)C(C[NH+](C)CCO)C(=O)CCCCCCCCCCCCCCCCC.COS(=O)(=O)[O-]. The topological polar surface area (TPSA) is 125 Å². The van der Waals surface area contributed by atoms with Crippen LogP contribution in [0.5, 0.6) is 0 Å². The summed E-state index contributed by atoms with van der Waals surface area (Å²) in [7, 11) is -1.61. The Hall–Kier alpha value is -0.870. The third-order valence-electron chi connectivity index (χ3n) is 10.1. The molecule has 9 heteroatoms. The van der Waals surface area contributed by atoms with Gasteiger partial charge >= 0.3 is 0 Å². The molecule has 0 aliphatic carbocycles. The lowest BCUT2D eigenvalue weighted by Gasteiger charge is -2.19. The quantitative estimate of drug-likeness (QED) is 0.0278. The molecule has 51 heavy (non-hydrogen) atoms. The van der Waals surface area contributed by atoms with Crippen molar-refractivity contribution in [3.8, 4) is 0 Å². The summed E-state index contributed by atoms with van der Waals surface area (Å²) in [5.41, 5.74) is 0. The standard InChI is InChI=1S/C41H81NO3.CH4O4S/c1-4-6-8-10-12-14-16-18-20-22-24-26-28-30-32-34-40(44)39(38-42(3)36-37-43)41(45)35-33-31-29-27-25-23-21-19-17-15-13-11-9-7-5-2;1-5-6(2,3)4/h39,43H,4-38H2,1-3H3;1H3,(H,2,3,4). The summed E-state index contributed by atoms with van der Waals surface area (Å²) in [4.78, 5) is 27.3. The monoisotopic (exact) mass is 748 g/mol. The molecule has 0 bridgehead atoms. The van der Waals surface area contributed by atoms with Crippen LogP contribution in [0.15, 0.2) is 0 Å². The lowest BCUT2D eigenvalue weighted by molar-refractivity contribution is -0.881. The molecule has 2 N–H and O–H groups in total. The minimum absolute atomic E-state index is 0.0963. The first-order valence-electron chi connectivity index (χ1n) is 21.6. The van der Waals surface area contributed by atoms with Crippen molar-refractivity contribution in [2.45, 2.75) is 219 Å². The number of aliphatic hydroxyl groups is 1. The third kappa shape index (κ3) is 41.7. The zero-order valence-electron chi connectivity index (χ0n) is 34.1. The molecule has 0 saturated carbocycles. The fourth-order valence-electron chi connectivity index (χ4n) is 6.74. The number of nitrogens with one attached hydrogen (secondary N) is 1. The van der Waals surface area contributed by atoms with Gasteiger partial charge in [-0.25, -0.2) is 8.42 Å². The molecule has 1 unspecified atom stereocenters. The first-order valence-corrected chi connectivity index (χ1v) is 22.9. The van der Waals surface area contributed by atoms with Crippen LogP contribution in [0, 0.1) is 5.92 Å². The van der Waals surface area contributed by atoms with Gasteiger partial charge in [0.05, 0.1) is 27.3 Å². The molecule has 1 atom stereocenters. The summed E-state index contributed by atoms with van der Waals surface area (Å²) in [5.74, 6) is -0.185. The molecule has 0 fully saturated rings. The van der Waals surface area contributed by atoms with Gasteiger partial charge in [0, 0.05) is 12.8 Å². The fraction of sp³-hybridized carbons (Fsp3) is 0.952. The van der Waals surface area contributed by atoms with Crippen LogP contribution in [-0.2, 0) is 24.2 Å². The highest BCUT2D eigenvalue weighted by Crippen LogP contribution is 2.17. The molecule has 0 aliphatic rings. The van der Waals surface area contributed by atoms with Crippen molar-refractivity contribution in [3.63, 3.8) is 0 Å². The maximum Gasteiger partial charge on any atom is 0.217 e. The van der Waals surface area contributed by atoms with Crippen LogP contribution < -0.4 is 4.90 Å². The van der Waals surface area contributed by atoms with Gasteiger partial charge in [-0.1, -0.05) is 194 Å². The summed E-state index contributed by atoms with van der Waals surface area (Å²) in [5, 5.41) is 9.34. The number of likely N-dealkylation sites (N-methyl/N-ethyl adjacent to an activating group) is 1. The molecular formula is C42H85NO7S. The number of Topliss-reactive ketones (excluding diaryl/α,β-unsaturated/α-hetero) is 2. The maximum absolute atomic E-state index is 13.1. The van der Waals surface area contributed by atoms with E-state index in [0.717, 1.165) is 37.7 Å². The molecule has 0 aromatic rings. The molecule has 0 saturated heterocycles.